The van der Waals surface area contributed by atoms with E-state index in [0.717, 1.165) is 10.9 Å². The van der Waals surface area contributed by atoms with Crippen molar-refractivity contribution in [2.45, 2.75) is 38.4 Å². The minimum atomic E-state index is -3.80. The van der Waals surface area contributed by atoms with Crippen molar-refractivity contribution in [3.8, 4) is 5.88 Å². The molecule has 0 aliphatic carbocycles. The molecule has 1 aromatic heterocycles. The second kappa shape index (κ2) is 13.1. The molecule has 3 N–H and O–H groups in total. The van der Waals surface area contributed by atoms with Crippen molar-refractivity contribution in [2.24, 2.45) is 5.73 Å². The van der Waals surface area contributed by atoms with E-state index in [2.05, 4.69) is 4.98 Å². The Bertz CT molecular complexity index is 1410. The predicted molar refractivity (Wildman–Crippen MR) is 143 cm³/mol. The molecule has 1 aliphatic heterocycles. The smallest absolute Gasteiger partial charge is 0.338 e. The Kier molecular flexibility index (Phi) is 9.56. The van der Waals surface area contributed by atoms with Crippen LogP contribution in [0.2, 0.25) is 0 Å². The van der Waals surface area contributed by atoms with Gasteiger partial charge in [-0.1, -0.05) is 36.4 Å². The third kappa shape index (κ3) is 6.83. The molecule has 1 saturated heterocycles. The summed E-state index contributed by atoms with van der Waals surface area (Å²) in [5.74, 6) is -3.26. The molecule has 13 nitrogen and oxygen atoms in total. The molecular weight excluding hydrogens is 557 g/mol. The first-order chi connectivity index (χ1) is 19.7. The van der Waals surface area contributed by atoms with Crippen LogP contribution in [0.15, 0.2) is 67.0 Å². The molecule has 4 atom stereocenters. The normalized spacial score (nSPS) is 20.4. The Hall–Kier alpha value is -4.03. The summed E-state index contributed by atoms with van der Waals surface area (Å²) < 4.78 is 43.2. The van der Waals surface area contributed by atoms with E-state index in [1.54, 1.807) is 50.2 Å². The van der Waals surface area contributed by atoms with Gasteiger partial charge in [0.25, 0.3) is 5.91 Å². The van der Waals surface area contributed by atoms with Gasteiger partial charge in [-0.15, -0.1) is 0 Å². The minimum Gasteiger partial charge on any atom is -0.493 e. The average Bonchev–Trinajstić information content (AvgIpc) is 3.49. The second-order valence-electron chi connectivity index (χ2n) is 8.85. The highest BCUT2D eigenvalue weighted by atomic mass is 31.2. The first-order valence-electron chi connectivity index (χ1n) is 12.8. The topological polar surface area (TPSA) is 178 Å². The quantitative estimate of drug-likeness (QED) is 0.235. The zero-order valence-corrected chi connectivity index (χ0v) is 23.2. The molecule has 0 spiro atoms. The van der Waals surface area contributed by atoms with Gasteiger partial charge in [-0.3, -0.25) is 13.9 Å². The Balaban J connectivity index is 1.78. The van der Waals surface area contributed by atoms with E-state index in [0.29, 0.717) is 0 Å². The van der Waals surface area contributed by atoms with Gasteiger partial charge in [-0.2, -0.15) is 0 Å². The Morgan fingerprint density at radius 3 is 1.90 bits per heavy atom. The van der Waals surface area contributed by atoms with Crippen LogP contribution in [0.1, 0.15) is 51.3 Å². The van der Waals surface area contributed by atoms with Crippen molar-refractivity contribution in [1.29, 1.82) is 0 Å². The monoisotopic (exact) mass is 587 g/mol. The number of imidazole rings is 1. The largest absolute Gasteiger partial charge is 0.493 e. The maximum absolute atomic E-state index is 13.5. The van der Waals surface area contributed by atoms with E-state index in [1.807, 2.05) is 0 Å². The molecule has 4 rings (SSSR count). The number of aromatic nitrogens is 2. The molecule has 1 unspecified atom stereocenters. The van der Waals surface area contributed by atoms with E-state index in [4.69, 9.17) is 29.0 Å². The summed E-state index contributed by atoms with van der Waals surface area (Å²) in [6, 6.07) is 16.1. The molecular formula is C27H30N3O10P. The maximum Gasteiger partial charge on any atom is 0.338 e. The van der Waals surface area contributed by atoms with Gasteiger partial charge in [0.1, 0.15) is 12.4 Å². The van der Waals surface area contributed by atoms with E-state index in [9.17, 15) is 24.1 Å². The molecule has 0 bridgehead atoms. The van der Waals surface area contributed by atoms with Crippen molar-refractivity contribution in [1.82, 2.24) is 9.55 Å². The highest BCUT2D eigenvalue weighted by molar-refractivity contribution is 7.53. The van der Waals surface area contributed by atoms with Gasteiger partial charge in [0.15, 0.2) is 24.1 Å². The number of nitrogens with zero attached hydrogens (tertiary/aromatic N) is 2. The van der Waals surface area contributed by atoms with Crippen LogP contribution in [-0.4, -0.2) is 70.2 Å². The molecule has 1 aliphatic rings. The highest BCUT2D eigenvalue weighted by Crippen LogP contribution is 2.52. The zero-order valence-electron chi connectivity index (χ0n) is 22.3. The number of amides is 1. The van der Waals surface area contributed by atoms with Gasteiger partial charge in [0.05, 0.1) is 30.5 Å². The third-order valence-corrected chi connectivity index (χ3v) is 8.23. The maximum atomic E-state index is 13.5. The van der Waals surface area contributed by atoms with Gasteiger partial charge in [0, 0.05) is 0 Å². The Morgan fingerprint density at radius 1 is 0.927 bits per heavy atom. The summed E-state index contributed by atoms with van der Waals surface area (Å²) in [6.07, 6.45) is -4.73. The van der Waals surface area contributed by atoms with Gasteiger partial charge >= 0.3 is 19.5 Å². The van der Waals surface area contributed by atoms with Gasteiger partial charge in [-0.25, -0.2) is 14.6 Å². The molecule has 2 aromatic carbocycles. The molecule has 41 heavy (non-hydrogen) atoms. The van der Waals surface area contributed by atoms with Gasteiger partial charge < -0.3 is 34.1 Å². The fourth-order valence-electron chi connectivity index (χ4n) is 4.35. The molecule has 14 heteroatoms. The van der Waals surface area contributed by atoms with Crippen LogP contribution in [0, 0.1) is 0 Å². The summed E-state index contributed by atoms with van der Waals surface area (Å²) in [5.41, 5.74) is 5.23. The lowest BCUT2D eigenvalue weighted by Gasteiger charge is -2.26. The minimum absolute atomic E-state index is 0.0542. The number of carbonyl (C=O) groups is 3. The molecule has 2 heterocycles. The summed E-state index contributed by atoms with van der Waals surface area (Å²) in [4.78, 5) is 42.0. The zero-order chi connectivity index (χ0) is 29.6. The van der Waals surface area contributed by atoms with Crippen LogP contribution in [0.3, 0.4) is 0 Å². The van der Waals surface area contributed by atoms with E-state index < -0.39 is 67.7 Å². The molecule has 3 aromatic rings. The van der Waals surface area contributed by atoms with Crippen molar-refractivity contribution < 1.29 is 47.3 Å². The third-order valence-electron chi connectivity index (χ3n) is 6.12. The number of hydrogen-bond acceptors (Lipinski definition) is 11. The molecule has 1 amide bonds. The number of ether oxygens (including phenoxy) is 3. The lowest BCUT2D eigenvalue weighted by atomic mass is 10.1. The van der Waals surface area contributed by atoms with Gasteiger partial charge in [-0.05, 0) is 38.1 Å². The van der Waals surface area contributed by atoms with Crippen molar-refractivity contribution in [3.63, 3.8) is 0 Å². The molecule has 0 saturated carbocycles. The van der Waals surface area contributed by atoms with Crippen molar-refractivity contribution in [2.75, 3.05) is 19.4 Å². The van der Waals surface area contributed by atoms with E-state index in [1.165, 1.54) is 24.3 Å². The van der Waals surface area contributed by atoms with Crippen LogP contribution in [-0.2, 0) is 27.8 Å². The van der Waals surface area contributed by atoms with E-state index >= 15 is 0 Å². The molecule has 1 fully saturated rings. The van der Waals surface area contributed by atoms with E-state index in [-0.39, 0.29) is 24.3 Å². The number of esters is 2. The first-order valence-corrected chi connectivity index (χ1v) is 14.5. The van der Waals surface area contributed by atoms with Gasteiger partial charge in [0.2, 0.25) is 5.88 Å². The number of primary amides is 1. The molecule has 218 valence electrons. The lowest BCUT2D eigenvalue weighted by molar-refractivity contribution is -0.0514. The van der Waals surface area contributed by atoms with Crippen LogP contribution >= 0.6 is 7.60 Å². The lowest BCUT2D eigenvalue weighted by Crippen LogP contribution is -2.40. The van der Waals surface area contributed by atoms with Crippen LogP contribution < -0.4 is 5.73 Å². The predicted octanol–water partition coefficient (Wildman–Crippen LogP) is 3.30. The number of nitrogens with two attached hydrogens (primary N) is 1. The summed E-state index contributed by atoms with van der Waals surface area (Å²) >= 11 is 0. The molecule has 0 radical (unpaired) electrons. The number of aromatic hydroxyl groups is 1. The number of rotatable bonds is 12. The van der Waals surface area contributed by atoms with Crippen LogP contribution in [0.5, 0.6) is 5.88 Å². The Morgan fingerprint density at radius 2 is 1.44 bits per heavy atom. The number of benzene rings is 2. The standard InChI is InChI=1S/C27H30N3O10P/c1-3-36-41(35,37-4-2)15-19-21(39-26(33)17-11-7-5-8-12-17)22(40-27(34)18-13-9-6-10-14-18)25(38-19)30-16-29-20(23(28)31)24(30)32/h5-14,16,19,21-22,25,32H,3-4,15H2,1-2H3,(H2,28,31)/t19-,21-,22?,25-/m1/s1. The fourth-order valence-corrected chi connectivity index (χ4v) is 6.16. The first kappa shape index (κ1) is 29.9. The summed E-state index contributed by atoms with van der Waals surface area (Å²) in [7, 11) is -3.80. The van der Waals surface area contributed by atoms with Crippen LogP contribution in [0.4, 0.5) is 0 Å². The SMILES string of the molecule is CCOP(=O)(C[C@H]1O[C@@H](n2cnc(C(N)=O)c2O)C(OC(=O)c2ccccc2)[C@@H]1OC(=O)c1ccccc1)OCC. The summed E-state index contributed by atoms with van der Waals surface area (Å²) in [5, 5.41) is 10.7. The van der Waals surface area contributed by atoms with Crippen LogP contribution in [0.25, 0.3) is 0 Å². The summed E-state index contributed by atoms with van der Waals surface area (Å²) in [6.45, 7) is 3.38. The Labute approximate surface area is 235 Å². The van der Waals surface area contributed by atoms with Crippen molar-refractivity contribution in [3.05, 3.63) is 83.8 Å². The number of carbonyl (C=O) groups excluding carboxylic acids is 3. The second-order valence-corrected chi connectivity index (χ2v) is 11.0. The van der Waals surface area contributed by atoms with Crippen molar-refractivity contribution >= 4 is 25.4 Å². The highest BCUT2D eigenvalue weighted by Gasteiger charge is 2.53. The fraction of sp³-hybridized carbons (Fsp3) is 0.333. The number of hydrogen-bond donors (Lipinski definition) is 2. The average molecular weight is 588 g/mol.